The number of hydrogen-bond donors (Lipinski definition) is 1. The smallest absolute Gasteiger partial charge is 0.145 e. The monoisotopic (exact) mass is 229 g/mol. The number of halogens is 1. The zero-order valence-electron chi connectivity index (χ0n) is 9.23. The average Bonchev–Trinajstić information content (AvgIpc) is 2.79. The largest absolute Gasteiger partial charge is 0.346 e. The molecule has 0 aliphatic carbocycles. The fourth-order valence-corrected chi connectivity index (χ4v) is 1.76. The molecular weight excluding hydrogens is 217 g/mol. The quantitative estimate of drug-likeness (QED) is 0.875. The van der Waals surface area contributed by atoms with Gasteiger partial charge in [-0.05, 0) is 18.2 Å². The van der Waals surface area contributed by atoms with E-state index in [1.54, 1.807) is 12.1 Å². The van der Waals surface area contributed by atoms with Gasteiger partial charge in [-0.1, -0.05) is 12.1 Å². The van der Waals surface area contributed by atoms with Gasteiger partial charge in [-0.15, -0.1) is 0 Å². The molecule has 0 fully saturated rings. The molecular formula is C13H12FN3. The van der Waals surface area contributed by atoms with Gasteiger partial charge in [-0.3, -0.25) is 0 Å². The third-order valence-corrected chi connectivity index (χ3v) is 2.67. The first-order valence-corrected chi connectivity index (χ1v) is 5.28. The van der Waals surface area contributed by atoms with E-state index in [4.69, 9.17) is 11.0 Å². The minimum absolute atomic E-state index is 0.0731. The van der Waals surface area contributed by atoms with E-state index in [0.717, 1.165) is 5.69 Å². The fourth-order valence-electron chi connectivity index (χ4n) is 1.76. The summed E-state index contributed by atoms with van der Waals surface area (Å²) in [5, 5.41) is 8.75. The maximum Gasteiger partial charge on any atom is 0.145 e. The van der Waals surface area contributed by atoms with Crippen molar-refractivity contribution in [3.05, 3.63) is 59.2 Å². The molecule has 1 heterocycles. The summed E-state index contributed by atoms with van der Waals surface area (Å²) in [6.07, 6.45) is 1.85. The normalized spacial score (nSPS) is 10.2. The Balaban J connectivity index is 2.34. The van der Waals surface area contributed by atoms with Crippen LogP contribution in [0.5, 0.6) is 0 Å². The van der Waals surface area contributed by atoms with E-state index in [1.165, 1.54) is 6.07 Å². The highest BCUT2D eigenvalue weighted by atomic mass is 19.1. The summed E-state index contributed by atoms with van der Waals surface area (Å²) in [7, 11) is 0. The summed E-state index contributed by atoms with van der Waals surface area (Å²) in [5.41, 5.74) is 7.08. The molecule has 2 aromatic rings. The van der Waals surface area contributed by atoms with Gasteiger partial charge in [0.2, 0.25) is 0 Å². The molecule has 0 spiro atoms. The molecule has 1 aromatic heterocycles. The molecule has 4 heteroatoms. The van der Waals surface area contributed by atoms with Gasteiger partial charge in [-0.2, -0.15) is 5.26 Å². The molecule has 0 saturated heterocycles. The summed E-state index contributed by atoms with van der Waals surface area (Å²) >= 11 is 0. The number of rotatable bonds is 3. The van der Waals surface area contributed by atoms with Crippen LogP contribution in [0.25, 0.3) is 0 Å². The molecule has 1 aromatic carbocycles. The number of aromatic nitrogens is 1. The second kappa shape index (κ2) is 4.81. The summed E-state index contributed by atoms with van der Waals surface area (Å²) in [5.74, 6) is -0.452. The third kappa shape index (κ3) is 2.19. The highest BCUT2D eigenvalue weighted by Crippen LogP contribution is 2.14. The number of nitrogens with two attached hydrogens (primary N) is 1. The molecule has 2 N–H and O–H groups in total. The lowest BCUT2D eigenvalue weighted by atomic mass is 10.1. The molecule has 0 aliphatic rings. The lowest BCUT2D eigenvalue weighted by molar-refractivity contribution is 0.592. The first-order valence-electron chi connectivity index (χ1n) is 5.28. The number of nitrogens with zero attached hydrogens (tertiary/aromatic N) is 2. The number of hydrogen-bond acceptors (Lipinski definition) is 2. The molecule has 0 aliphatic heterocycles. The third-order valence-electron chi connectivity index (χ3n) is 2.67. The fraction of sp³-hybridized carbons (Fsp3) is 0.154. The number of benzene rings is 1. The van der Waals surface area contributed by atoms with Crippen molar-refractivity contribution in [1.29, 1.82) is 5.26 Å². The van der Waals surface area contributed by atoms with Crippen LogP contribution in [0.1, 0.15) is 16.8 Å². The van der Waals surface area contributed by atoms with E-state index in [1.807, 2.05) is 29.0 Å². The molecule has 0 atom stereocenters. The molecule has 3 nitrogen and oxygen atoms in total. The van der Waals surface area contributed by atoms with Crippen LogP contribution in [-0.4, -0.2) is 4.57 Å². The van der Waals surface area contributed by atoms with Gasteiger partial charge in [0.25, 0.3) is 0 Å². The van der Waals surface area contributed by atoms with E-state index in [-0.39, 0.29) is 5.56 Å². The molecule has 0 bridgehead atoms. The number of nitriles is 1. The summed E-state index contributed by atoms with van der Waals surface area (Å²) in [6, 6.07) is 10.4. The van der Waals surface area contributed by atoms with Crippen molar-refractivity contribution < 1.29 is 4.39 Å². The lowest BCUT2D eigenvalue weighted by Crippen LogP contribution is -2.08. The van der Waals surface area contributed by atoms with E-state index in [2.05, 4.69) is 0 Å². The van der Waals surface area contributed by atoms with Crippen LogP contribution in [0.15, 0.2) is 36.5 Å². The Morgan fingerprint density at radius 2 is 2.12 bits per heavy atom. The summed E-state index contributed by atoms with van der Waals surface area (Å²) in [4.78, 5) is 0. The van der Waals surface area contributed by atoms with Gasteiger partial charge in [0.05, 0.1) is 12.1 Å². The van der Waals surface area contributed by atoms with Gasteiger partial charge in [0.15, 0.2) is 0 Å². The van der Waals surface area contributed by atoms with Crippen LogP contribution < -0.4 is 5.73 Å². The minimum Gasteiger partial charge on any atom is -0.346 e. The van der Waals surface area contributed by atoms with Crippen LogP contribution in [0.2, 0.25) is 0 Å². The van der Waals surface area contributed by atoms with Crippen molar-refractivity contribution in [3.8, 4) is 6.07 Å². The molecule has 0 unspecified atom stereocenters. The summed E-state index contributed by atoms with van der Waals surface area (Å²) in [6.45, 7) is 0.799. The highest BCUT2D eigenvalue weighted by Gasteiger charge is 2.08. The van der Waals surface area contributed by atoms with Gasteiger partial charge in [0.1, 0.15) is 11.9 Å². The summed E-state index contributed by atoms with van der Waals surface area (Å²) < 4.78 is 15.7. The van der Waals surface area contributed by atoms with E-state index in [0.29, 0.717) is 18.7 Å². The highest BCUT2D eigenvalue weighted by molar-refractivity contribution is 5.35. The van der Waals surface area contributed by atoms with Crippen molar-refractivity contribution in [2.75, 3.05) is 0 Å². The van der Waals surface area contributed by atoms with Gasteiger partial charge in [-0.25, -0.2) is 4.39 Å². The maximum atomic E-state index is 13.8. The zero-order valence-corrected chi connectivity index (χ0v) is 9.23. The van der Waals surface area contributed by atoms with E-state index < -0.39 is 5.82 Å². The maximum absolute atomic E-state index is 13.8. The molecule has 17 heavy (non-hydrogen) atoms. The van der Waals surface area contributed by atoms with Crippen LogP contribution in [0, 0.1) is 17.1 Å². The Labute approximate surface area is 98.9 Å². The van der Waals surface area contributed by atoms with Gasteiger partial charge >= 0.3 is 0 Å². The first-order chi connectivity index (χ1) is 8.26. The Morgan fingerprint density at radius 1 is 1.29 bits per heavy atom. The molecule has 0 amide bonds. The predicted molar refractivity (Wildman–Crippen MR) is 62.5 cm³/mol. The Hall–Kier alpha value is -2.12. The van der Waals surface area contributed by atoms with Crippen LogP contribution in [-0.2, 0) is 13.1 Å². The molecule has 0 radical (unpaired) electrons. The molecule has 0 saturated carbocycles. The lowest BCUT2D eigenvalue weighted by Gasteiger charge is -2.09. The van der Waals surface area contributed by atoms with Crippen molar-refractivity contribution in [1.82, 2.24) is 4.57 Å². The standard InChI is InChI=1S/C13H12FN3/c14-13-10(7-15)3-1-4-11(13)9-17-6-2-5-12(17)8-16/h1-6H,8-9,16H2. The zero-order chi connectivity index (χ0) is 12.3. The first kappa shape index (κ1) is 11.4. The minimum atomic E-state index is -0.452. The SMILES string of the molecule is N#Cc1cccc(Cn2cccc2CN)c1F. The average molecular weight is 229 g/mol. The van der Waals surface area contributed by atoms with Crippen LogP contribution >= 0.6 is 0 Å². The van der Waals surface area contributed by atoms with Crippen molar-refractivity contribution in [2.45, 2.75) is 13.1 Å². The van der Waals surface area contributed by atoms with Gasteiger partial charge in [0, 0.05) is 24.0 Å². The Morgan fingerprint density at radius 3 is 2.82 bits per heavy atom. The topological polar surface area (TPSA) is 54.7 Å². The predicted octanol–water partition coefficient (Wildman–Crippen LogP) is 2.01. The second-order valence-corrected chi connectivity index (χ2v) is 3.72. The second-order valence-electron chi connectivity index (χ2n) is 3.72. The van der Waals surface area contributed by atoms with Crippen LogP contribution in [0.3, 0.4) is 0 Å². The van der Waals surface area contributed by atoms with Crippen molar-refractivity contribution in [2.24, 2.45) is 5.73 Å². The van der Waals surface area contributed by atoms with Crippen LogP contribution in [0.4, 0.5) is 4.39 Å². The van der Waals surface area contributed by atoms with Crippen molar-refractivity contribution in [3.63, 3.8) is 0 Å². The van der Waals surface area contributed by atoms with E-state index >= 15 is 0 Å². The Kier molecular flexibility index (Phi) is 3.22. The molecule has 2 rings (SSSR count). The Bertz CT molecular complexity index is 566. The van der Waals surface area contributed by atoms with Gasteiger partial charge < -0.3 is 10.3 Å². The molecule has 86 valence electrons. The van der Waals surface area contributed by atoms with E-state index in [9.17, 15) is 4.39 Å². The van der Waals surface area contributed by atoms with Crippen molar-refractivity contribution >= 4 is 0 Å².